The van der Waals surface area contributed by atoms with Gasteiger partial charge < -0.3 is 4.74 Å². The minimum absolute atomic E-state index is 0.0496. The van der Waals surface area contributed by atoms with Crippen LogP contribution in [0.25, 0.3) is 0 Å². The van der Waals surface area contributed by atoms with E-state index in [0.717, 1.165) is 24.2 Å². The molecule has 2 atom stereocenters. The minimum Gasteiger partial charge on any atom is -0.494 e. The fraction of sp³-hybridized carbons (Fsp3) is 0.500. The van der Waals surface area contributed by atoms with E-state index in [2.05, 4.69) is 12.2 Å². The van der Waals surface area contributed by atoms with Crippen LogP contribution in [0.2, 0.25) is 0 Å². The van der Waals surface area contributed by atoms with Crippen molar-refractivity contribution in [1.29, 1.82) is 0 Å². The van der Waals surface area contributed by atoms with Crippen molar-refractivity contribution >= 4 is 11.8 Å². The molecule has 1 saturated heterocycles. The molecule has 0 bridgehead atoms. The van der Waals surface area contributed by atoms with Gasteiger partial charge in [-0.2, -0.15) is 0 Å². The zero-order valence-corrected chi connectivity index (χ0v) is 12.0. The van der Waals surface area contributed by atoms with E-state index in [1.165, 1.54) is 0 Å². The van der Waals surface area contributed by atoms with Crippen molar-refractivity contribution in [1.82, 2.24) is 5.32 Å². The second kappa shape index (κ2) is 6.55. The largest absolute Gasteiger partial charge is 0.494 e. The van der Waals surface area contributed by atoms with Gasteiger partial charge in [0.2, 0.25) is 11.8 Å². The van der Waals surface area contributed by atoms with E-state index >= 15 is 0 Å². The van der Waals surface area contributed by atoms with Gasteiger partial charge in [-0.3, -0.25) is 14.9 Å². The maximum atomic E-state index is 11.9. The average molecular weight is 275 g/mol. The monoisotopic (exact) mass is 275 g/mol. The Bertz CT molecular complexity index is 498. The second-order valence-electron chi connectivity index (χ2n) is 5.16. The van der Waals surface area contributed by atoms with E-state index < -0.39 is 0 Å². The molecule has 4 heteroatoms. The van der Waals surface area contributed by atoms with Crippen molar-refractivity contribution < 1.29 is 14.3 Å². The van der Waals surface area contributed by atoms with Gasteiger partial charge in [0.15, 0.2) is 0 Å². The molecule has 0 saturated carbocycles. The number of rotatable bonds is 5. The fourth-order valence-electron chi connectivity index (χ4n) is 2.68. The first-order valence-electron chi connectivity index (χ1n) is 7.22. The van der Waals surface area contributed by atoms with Gasteiger partial charge in [0.05, 0.1) is 6.61 Å². The van der Waals surface area contributed by atoms with E-state index in [1.807, 2.05) is 31.2 Å². The Morgan fingerprint density at radius 2 is 2.10 bits per heavy atom. The molecule has 1 aromatic carbocycles. The highest BCUT2D eigenvalue weighted by Gasteiger charge is 2.35. The number of carbonyl (C=O) groups is 2. The number of hydrogen-bond donors (Lipinski definition) is 1. The number of carbonyl (C=O) groups excluding carboxylic acids is 2. The molecule has 2 amide bonds. The first-order chi connectivity index (χ1) is 9.65. The predicted octanol–water partition coefficient (Wildman–Crippen LogP) is 2.63. The third-order valence-electron chi connectivity index (χ3n) is 3.69. The maximum Gasteiger partial charge on any atom is 0.230 e. The zero-order chi connectivity index (χ0) is 14.5. The van der Waals surface area contributed by atoms with Gasteiger partial charge in [-0.15, -0.1) is 0 Å². The summed E-state index contributed by atoms with van der Waals surface area (Å²) >= 11 is 0. The molecule has 2 unspecified atom stereocenters. The molecule has 1 heterocycles. The summed E-state index contributed by atoms with van der Waals surface area (Å²) in [7, 11) is 0. The number of piperidine rings is 1. The third kappa shape index (κ3) is 3.18. The number of nitrogens with one attached hydrogen (secondary N) is 1. The average Bonchev–Trinajstić information content (AvgIpc) is 2.44. The van der Waals surface area contributed by atoms with Crippen molar-refractivity contribution in [2.24, 2.45) is 5.92 Å². The number of amides is 2. The maximum absolute atomic E-state index is 11.9. The number of ether oxygens (including phenoxy) is 1. The highest BCUT2D eigenvalue weighted by atomic mass is 16.5. The molecule has 4 nitrogen and oxygen atoms in total. The van der Waals surface area contributed by atoms with Crippen LogP contribution in [0.1, 0.15) is 44.6 Å². The Labute approximate surface area is 119 Å². The first kappa shape index (κ1) is 14.6. The Morgan fingerprint density at radius 3 is 2.80 bits per heavy atom. The summed E-state index contributed by atoms with van der Waals surface area (Å²) in [4.78, 5) is 23.5. The van der Waals surface area contributed by atoms with E-state index in [9.17, 15) is 9.59 Å². The molecule has 1 aliphatic rings. The Hall–Kier alpha value is -1.84. The Balaban J connectivity index is 2.23. The molecular formula is C16H21NO3. The quantitative estimate of drug-likeness (QED) is 0.840. The van der Waals surface area contributed by atoms with Gasteiger partial charge in [-0.05, 0) is 30.5 Å². The number of hydrogen-bond acceptors (Lipinski definition) is 3. The van der Waals surface area contributed by atoms with Crippen molar-refractivity contribution in [3.63, 3.8) is 0 Å². The van der Waals surface area contributed by atoms with Gasteiger partial charge in [-0.1, -0.05) is 26.0 Å². The lowest BCUT2D eigenvalue weighted by atomic mass is 9.79. The van der Waals surface area contributed by atoms with Crippen LogP contribution in [-0.2, 0) is 9.59 Å². The van der Waals surface area contributed by atoms with Crippen LogP contribution >= 0.6 is 0 Å². The predicted molar refractivity (Wildman–Crippen MR) is 76.5 cm³/mol. The Morgan fingerprint density at radius 1 is 1.30 bits per heavy atom. The molecule has 20 heavy (non-hydrogen) atoms. The molecule has 0 aromatic heterocycles. The number of imide groups is 1. The fourth-order valence-corrected chi connectivity index (χ4v) is 2.68. The van der Waals surface area contributed by atoms with Gasteiger partial charge in [-0.25, -0.2) is 0 Å². The van der Waals surface area contributed by atoms with E-state index in [0.29, 0.717) is 13.0 Å². The molecule has 0 aliphatic carbocycles. The van der Waals surface area contributed by atoms with E-state index in [-0.39, 0.29) is 23.7 Å². The van der Waals surface area contributed by atoms with Crippen LogP contribution in [0.15, 0.2) is 24.3 Å². The molecule has 0 radical (unpaired) electrons. The van der Waals surface area contributed by atoms with Crippen molar-refractivity contribution in [2.75, 3.05) is 6.61 Å². The molecule has 1 aliphatic heterocycles. The van der Waals surface area contributed by atoms with E-state index in [1.54, 1.807) is 0 Å². The molecule has 1 aromatic rings. The van der Waals surface area contributed by atoms with E-state index in [4.69, 9.17) is 4.74 Å². The smallest absolute Gasteiger partial charge is 0.230 e. The Kier molecular flexibility index (Phi) is 4.77. The standard InChI is InChI=1S/C16H21NO3/c1-3-8-20-12-7-5-6-11(9-12)14-10-15(18)17-16(19)13(14)4-2/h5-7,9,13-14H,3-4,8,10H2,1-2H3,(H,17,18,19). The molecule has 0 spiro atoms. The topological polar surface area (TPSA) is 55.4 Å². The molecule has 1 N–H and O–H groups in total. The first-order valence-corrected chi connectivity index (χ1v) is 7.22. The lowest BCUT2D eigenvalue weighted by Gasteiger charge is -2.29. The van der Waals surface area contributed by atoms with Gasteiger partial charge >= 0.3 is 0 Å². The summed E-state index contributed by atoms with van der Waals surface area (Å²) < 4.78 is 5.62. The molecule has 2 rings (SSSR count). The highest BCUT2D eigenvalue weighted by Crippen LogP contribution is 2.34. The second-order valence-corrected chi connectivity index (χ2v) is 5.16. The van der Waals surface area contributed by atoms with Crippen LogP contribution in [0.3, 0.4) is 0 Å². The van der Waals surface area contributed by atoms with Gasteiger partial charge in [0, 0.05) is 18.3 Å². The van der Waals surface area contributed by atoms with Gasteiger partial charge in [0.25, 0.3) is 0 Å². The van der Waals surface area contributed by atoms with Crippen LogP contribution in [0.5, 0.6) is 5.75 Å². The number of benzene rings is 1. The SMILES string of the molecule is CCCOc1cccc(C2CC(=O)NC(=O)C2CC)c1. The lowest BCUT2D eigenvalue weighted by Crippen LogP contribution is -2.44. The van der Waals surface area contributed by atoms with Gasteiger partial charge in [0.1, 0.15) is 5.75 Å². The van der Waals surface area contributed by atoms with Crippen molar-refractivity contribution in [3.05, 3.63) is 29.8 Å². The highest BCUT2D eigenvalue weighted by molar-refractivity contribution is 5.99. The summed E-state index contributed by atoms with van der Waals surface area (Å²) in [5.74, 6) is 0.261. The summed E-state index contributed by atoms with van der Waals surface area (Å²) in [5, 5.41) is 2.42. The lowest BCUT2D eigenvalue weighted by molar-refractivity contribution is -0.137. The van der Waals surface area contributed by atoms with Crippen LogP contribution in [0, 0.1) is 5.92 Å². The molecular weight excluding hydrogens is 254 g/mol. The van der Waals surface area contributed by atoms with Crippen LogP contribution in [0.4, 0.5) is 0 Å². The normalized spacial score (nSPS) is 22.5. The summed E-state index contributed by atoms with van der Waals surface area (Å²) in [6, 6.07) is 7.75. The third-order valence-corrected chi connectivity index (χ3v) is 3.69. The van der Waals surface area contributed by atoms with Crippen molar-refractivity contribution in [3.8, 4) is 5.75 Å². The van der Waals surface area contributed by atoms with Crippen LogP contribution in [-0.4, -0.2) is 18.4 Å². The molecule has 1 fully saturated rings. The van der Waals surface area contributed by atoms with Crippen LogP contribution < -0.4 is 10.1 Å². The summed E-state index contributed by atoms with van der Waals surface area (Å²) in [6.07, 6.45) is 2.04. The minimum atomic E-state index is -0.190. The zero-order valence-electron chi connectivity index (χ0n) is 12.0. The summed E-state index contributed by atoms with van der Waals surface area (Å²) in [5.41, 5.74) is 1.01. The molecule has 108 valence electrons. The van der Waals surface area contributed by atoms with Crippen molar-refractivity contribution in [2.45, 2.75) is 39.0 Å². The summed E-state index contributed by atoms with van der Waals surface area (Å²) in [6.45, 7) is 4.70.